The molecule has 1 aliphatic heterocycles. The second-order valence-corrected chi connectivity index (χ2v) is 5.72. The number of hydrogen-bond acceptors (Lipinski definition) is 3. The molecule has 0 unspecified atom stereocenters. The van der Waals surface area contributed by atoms with Crippen LogP contribution in [-0.4, -0.2) is 35.7 Å². The molecule has 0 spiro atoms. The minimum absolute atomic E-state index is 0.144. The lowest BCUT2D eigenvalue weighted by molar-refractivity contribution is -0.274. The molecule has 0 radical (unpaired) electrons. The molecule has 0 aliphatic carbocycles. The van der Waals surface area contributed by atoms with Crippen molar-refractivity contribution in [3.05, 3.63) is 29.8 Å². The number of hydrogen-bond donors (Lipinski definition) is 1. The summed E-state index contributed by atoms with van der Waals surface area (Å²) in [6.07, 6.45) is -3.36. The molecule has 1 fully saturated rings. The van der Waals surface area contributed by atoms with Gasteiger partial charge in [-0.3, -0.25) is 9.59 Å². The molecule has 2 rings (SSSR count). The highest BCUT2D eigenvalue weighted by molar-refractivity contribution is 5.87. The fourth-order valence-corrected chi connectivity index (χ4v) is 2.77. The van der Waals surface area contributed by atoms with Gasteiger partial charge < -0.3 is 15.0 Å². The largest absolute Gasteiger partial charge is 0.573 e. The number of amides is 2. The van der Waals surface area contributed by atoms with Crippen molar-refractivity contribution in [2.24, 2.45) is 0 Å². The van der Waals surface area contributed by atoms with E-state index in [-0.39, 0.29) is 17.6 Å². The van der Waals surface area contributed by atoms with Crippen LogP contribution in [0.1, 0.15) is 38.3 Å². The number of nitrogens with zero attached hydrogens (tertiary/aromatic N) is 1. The SMILES string of the molecule is CC(=O)N1CCC[C@@H]1C(=O)N[C@H](C)c1ccc(OC(F)(F)F)cc1. The molecule has 2 amide bonds. The lowest BCUT2D eigenvalue weighted by Crippen LogP contribution is -2.45. The van der Waals surface area contributed by atoms with Gasteiger partial charge in [-0.15, -0.1) is 13.2 Å². The van der Waals surface area contributed by atoms with Gasteiger partial charge in [-0.25, -0.2) is 0 Å². The van der Waals surface area contributed by atoms with E-state index in [1.165, 1.54) is 36.1 Å². The molecule has 1 aromatic rings. The number of ether oxygens (including phenoxy) is 1. The van der Waals surface area contributed by atoms with E-state index in [4.69, 9.17) is 0 Å². The van der Waals surface area contributed by atoms with Crippen molar-refractivity contribution >= 4 is 11.8 Å². The quantitative estimate of drug-likeness (QED) is 0.914. The van der Waals surface area contributed by atoms with Crippen molar-refractivity contribution in [2.45, 2.75) is 45.1 Å². The van der Waals surface area contributed by atoms with Gasteiger partial charge in [0.25, 0.3) is 0 Å². The van der Waals surface area contributed by atoms with E-state index in [2.05, 4.69) is 10.1 Å². The maximum Gasteiger partial charge on any atom is 0.573 e. The van der Waals surface area contributed by atoms with E-state index in [0.29, 0.717) is 18.5 Å². The molecule has 2 atom stereocenters. The van der Waals surface area contributed by atoms with Gasteiger partial charge in [-0.1, -0.05) is 12.1 Å². The number of likely N-dealkylation sites (tertiary alicyclic amines) is 1. The first-order valence-electron chi connectivity index (χ1n) is 7.60. The summed E-state index contributed by atoms with van der Waals surface area (Å²) in [7, 11) is 0. The molecular weight excluding hydrogens is 325 g/mol. The van der Waals surface area contributed by atoms with E-state index in [1.807, 2.05) is 0 Å². The minimum atomic E-state index is -4.74. The molecule has 5 nitrogen and oxygen atoms in total. The van der Waals surface area contributed by atoms with Gasteiger partial charge in [0.1, 0.15) is 11.8 Å². The average Bonchev–Trinajstić information content (AvgIpc) is 2.96. The van der Waals surface area contributed by atoms with Crippen molar-refractivity contribution in [3.63, 3.8) is 0 Å². The van der Waals surface area contributed by atoms with E-state index in [9.17, 15) is 22.8 Å². The minimum Gasteiger partial charge on any atom is -0.406 e. The van der Waals surface area contributed by atoms with Gasteiger partial charge in [-0.05, 0) is 37.5 Å². The molecule has 1 aliphatic rings. The molecular formula is C16H19F3N2O3. The van der Waals surface area contributed by atoms with Gasteiger partial charge in [0.05, 0.1) is 6.04 Å². The first-order valence-corrected chi connectivity index (χ1v) is 7.60. The van der Waals surface area contributed by atoms with E-state index in [1.54, 1.807) is 6.92 Å². The second-order valence-electron chi connectivity index (χ2n) is 5.72. The Morgan fingerprint density at radius 1 is 1.29 bits per heavy atom. The molecule has 132 valence electrons. The fraction of sp³-hybridized carbons (Fsp3) is 0.500. The predicted molar refractivity (Wildman–Crippen MR) is 80.1 cm³/mol. The van der Waals surface area contributed by atoms with Crippen LogP contribution in [0.4, 0.5) is 13.2 Å². The van der Waals surface area contributed by atoms with E-state index < -0.39 is 18.4 Å². The van der Waals surface area contributed by atoms with Crippen molar-refractivity contribution < 1.29 is 27.5 Å². The van der Waals surface area contributed by atoms with Crippen LogP contribution >= 0.6 is 0 Å². The summed E-state index contributed by atoms with van der Waals surface area (Å²) in [5.74, 6) is -0.719. The highest BCUT2D eigenvalue weighted by atomic mass is 19.4. The molecule has 1 N–H and O–H groups in total. The second kappa shape index (κ2) is 7.11. The van der Waals surface area contributed by atoms with Crippen LogP contribution in [0, 0.1) is 0 Å². The van der Waals surface area contributed by atoms with Crippen molar-refractivity contribution in [3.8, 4) is 5.75 Å². The highest BCUT2D eigenvalue weighted by Crippen LogP contribution is 2.25. The van der Waals surface area contributed by atoms with Gasteiger partial charge in [-0.2, -0.15) is 0 Å². The van der Waals surface area contributed by atoms with Crippen molar-refractivity contribution in [1.29, 1.82) is 0 Å². The summed E-state index contributed by atoms with van der Waals surface area (Å²) < 4.78 is 40.2. The first kappa shape index (κ1) is 18.1. The van der Waals surface area contributed by atoms with Gasteiger partial charge in [0.2, 0.25) is 11.8 Å². The zero-order valence-electron chi connectivity index (χ0n) is 13.4. The Morgan fingerprint density at radius 3 is 2.46 bits per heavy atom. The number of nitrogens with one attached hydrogen (secondary N) is 1. The standard InChI is InChI=1S/C16H19F3N2O3/c1-10(12-5-7-13(8-6-12)24-16(17,18)19)20-15(23)14-4-3-9-21(14)11(2)22/h5-8,10,14H,3-4,9H2,1-2H3,(H,20,23)/t10-,14-/m1/s1. The summed E-state index contributed by atoms with van der Waals surface area (Å²) in [5.41, 5.74) is 0.644. The highest BCUT2D eigenvalue weighted by Gasteiger charge is 2.33. The maximum absolute atomic E-state index is 12.3. The topological polar surface area (TPSA) is 58.6 Å². The Hall–Kier alpha value is -2.25. The number of halogens is 3. The molecule has 0 aromatic heterocycles. The van der Waals surface area contributed by atoms with Crippen molar-refractivity contribution in [1.82, 2.24) is 10.2 Å². The summed E-state index contributed by atoms with van der Waals surface area (Å²) in [4.78, 5) is 25.4. The van der Waals surface area contributed by atoms with Crippen LogP contribution in [-0.2, 0) is 9.59 Å². The molecule has 8 heteroatoms. The molecule has 24 heavy (non-hydrogen) atoms. The monoisotopic (exact) mass is 344 g/mol. The van der Waals surface area contributed by atoms with Gasteiger partial charge >= 0.3 is 6.36 Å². The third-order valence-electron chi connectivity index (χ3n) is 3.93. The van der Waals surface area contributed by atoms with Crippen LogP contribution < -0.4 is 10.1 Å². The Balaban J connectivity index is 1.98. The third kappa shape index (κ3) is 4.62. The zero-order chi connectivity index (χ0) is 17.9. The average molecular weight is 344 g/mol. The molecule has 0 bridgehead atoms. The molecule has 1 heterocycles. The number of carbonyl (C=O) groups excluding carboxylic acids is 2. The number of carbonyl (C=O) groups is 2. The van der Waals surface area contributed by atoms with E-state index in [0.717, 1.165) is 6.42 Å². The van der Waals surface area contributed by atoms with E-state index >= 15 is 0 Å². The summed E-state index contributed by atoms with van der Waals surface area (Å²) >= 11 is 0. The first-order chi connectivity index (χ1) is 11.2. The summed E-state index contributed by atoms with van der Waals surface area (Å²) in [5, 5.41) is 2.79. The Labute approximate surface area is 137 Å². The molecule has 1 saturated heterocycles. The Morgan fingerprint density at radius 2 is 1.92 bits per heavy atom. The molecule has 1 aromatic carbocycles. The maximum atomic E-state index is 12.3. The number of rotatable bonds is 4. The molecule has 0 saturated carbocycles. The predicted octanol–water partition coefficient (Wildman–Crippen LogP) is 2.77. The van der Waals surface area contributed by atoms with Crippen LogP contribution in [0.15, 0.2) is 24.3 Å². The smallest absolute Gasteiger partial charge is 0.406 e. The third-order valence-corrected chi connectivity index (χ3v) is 3.93. The van der Waals surface area contributed by atoms with Gasteiger partial charge in [0.15, 0.2) is 0 Å². The lowest BCUT2D eigenvalue weighted by atomic mass is 10.1. The van der Waals surface area contributed by atoms with Crippen LogP contribution in [0.3, 0.4) is 0 Å². The summed E-state index contributed by atoms with van der Waals surface area (Å²) in [6, 6.07) is 4.43. The van der Waals surface area contributed by atoms with Crippen LogP contribution in [0.5, 0.6) is 5.75 Å². The number of benzene rings is 1. The van der Waals surface area contributed by atoms with Crippen molar-refractivity contribution in [2.75, 3.05) is 6.54 Å². The normalized spacial score (nSPS) is 19.0. The van der Waals surface area contributed by atoms with Gasteiger partial charge in [0, 0.05) is 13.5 Å². The zero-order valence-corrected chi connectivity index (χ0v) is 13.4. The fourth-order valence-electron chi connectivity index (χ4n) is 2.77. The van der Waals surface area contributed by atoms with Crippen LogP contribution in [0.2, 0.25) is 0 Å². The number of alkyl halides is 3. The Bertz CT molecular complexity index is 602. The van der Waals surface area contributed by atoms with Crippen LogP contribution in [0.25, 0.3) is 0 Å². The lowest BCUT2D eigenvalue weighted by Gasteiger charge is -2.24. The Kier molecular flexibility index (Phi) is 5.36. The summed E-state index contributed by atoms with van der Waals surface area (Å²) in [6.45, 7) is 3.71.